The third-order valence-corrected chi connectivity index (χ3v) is 3.66. The van der Waals surface area contributed by atoms with Gasteiger partial charge in [-0.1, -0.05) is 29.8 Å². The summed E-state index contributed by atoms with van der Waals surface area (Å²) in [6.07, 6.45) is 0.0844. The number of fused-ring (bicyclic) bond motifs is 1. The standard InChI is InChI=1S/C12H15ClN4/c1-8-15-11(13)10-7-14-17(12(10)16-8)9-5-3-2-4-6-9/h2-6,10-12,14H,7H2,1H3,(H,15,16). The summed E-state index contributed by atoms with van der Waals surface area (Å²) in [6, 6.07) is 10.2. The molecule has 0 amide bonds. The maximum Gasteiger partial charge on any atom is 0.144 e. The van der Waals surface area contributed by atoms with Gasteiger partial charge in [-0.3, -0.25) is 5.01 Å². The summed E-state index contributed by atoms with van der Waals surface area (Å²) in [5.41, 5.74) is 4.44. The summed E-state index contributed by atoms with van der Waals surface area (Å²) >= 11 is 6.31. The van der Waals surface area contributed by atoms with E-state index in [1.807, 2.05) is 25.1 Å². The van der Waals surface area contributed by atoms with E-state index in [0.29, 0.717) is 5.92 Å². The Hall–Kier alpha value is -1.26. The number of aliphatic imine (C=N–C) groups is 1. The molecule has 1 fully saturated rings. The average molecular weight is 251 g/mol. The molecule has 2 aliphatic heterocycles. The number of benzene rings is 1. The van der Waals surface area contributed by atoms with Gasteiger partial charge in [-0.05, 0) is 19.1 Å². The summed E-state index contributed by atoms with van der Waals surface area (Å²) in [5, 5.41) is 5.27. The molecule has 2 aliphatic rings. The third-order valence-electron chi connectivity index (χ3n) is 3.23. The Kier molecular flexibility index (Phi) is 2.68. The van der Waals surface area contributed by atoms with Gasteiger partial charge in [0.25, 0.3) is 0 Å². The third kappa shape index (κ3) is 1.87. The number of rotatable bonds is 1. The lowest BCUT2D eigenvalue weighted by Crippen LogP contribution is -2.48. The van der Waals surface area contributed by atoms with Gasteiger partial charge in [0.1, 0.15) is 11.7 Å². The van der Waals surface area contributed by atoms with Gasteiger partial charge in [-0.2, -0.15) is 0 Å². The Morgan fingerprint density at radius 1 is 1.35 bits per heavy atom. The highest BCUT2D eigenvalue weighted by Crippen LogP contribution is 2.30. The van der Waals surface area contributed by atoms with Crippen molar-refractivity contribution in [1.82, 2.24) is 10.7 Å². The molecule has 0 aromatic heterocycles. The van der Waals surface area contributed by atoms with Crippen molar-refractivity contribution in [2.45, 2.75) is 18.6 Å². The lowest BCUT2D eigenvalue weighted by atomic mass is 10.1. The maximum absolute atomic E-state index is 6.31. The van der Waals surface area contributed by atoms with Crippen molar-refractivity contribution in [2.75, 3.05) is 11.6 Å². The summed E-state index contributed by atoms with van der Waals surface area (Å²) in [7, 11) is 0. The smallest absolute Gasteiger partial charge is 0.144 e. The van der Waals surface area contributed by atoms with E-state index in [9.17, 15) is 0 Å². The van der Waals surface area contributed by atoms with Gasteiger partial charge < -0.3 is 5.32 Å². The van der Waals surface area contributed by atoms with E-state index >= 15 is 0 Å². The highest BCUT2D eigenvalue weighted by molar-refractivity contribution is 6.21. The SMILES string of the molecule is CC1=NC2C(CNN2c2ccccc2)C(Cl)N1. The first-order valence-corrected chi connectivity index (χ1v) is 6.22. The van der Waals surface area contributed by atoms with Crippen LogP contribution in [0, 0.1) is 5.92 Å². The highest BCUT2D eigenvalue weighted by atomic mass is 35.5. The van der Waals surface area contributed by atoms with E-state index in [1.165, 1.54) is 0 Å². The number of alkyl halides is 1. The molecular weight excluding hydrogens is 236 g/mol. The number of nitrogens with zero attached hydrogens (tertiary/aromatic N) is 2. The van der Waals surface area contributed by atoms with Gasteiger partial charge in [-0.15, -0.1) is 0 Å². The van der Waals surface area contributed by atoms with Crippen LogP contribution in [0.5, 0.6) is 0 Å². The van der Waals surface area contributed by atoms with Gasteiger partial charge in [-0.25, -0.2) is 10.4 Å². The molecule has 0 spiro atoms. The Bertz CT molecular complexity index is 433. The van der Waals surface area contributed by atoms with Gasteiger partial charge in [0.05, 0.1) is 11.5 Å². The number of para-hydroxylation sites is 1. The molecule has 0 saturated carbocycles. The largest absolute Gasteiger partial charge is 0.358 e. The first-order valence-electron chi connectivity index (χ1n) is 5.78. The zero-order valence-corrected chi connectivity index (χ0v) is 10.4. The fraction of sp³-hybridized carbons (Fsp3) is 0.417. The van der Waals surface area contributed by atoms with Gasteiger partial charge in [0.15, 0.2) is 0 Å². The van der Waals surface area contributed by atoms with Crippen LogP contribution in [0.4, 0.5) is 5.69 Å². The molecule has 4 nitrogen and oxygen atoms in total. The molecule has 1 aromatic carbocycles. The molecular formula is C12H15ClN4. The number of amidine groups is 1. The second-order valence-electron chi connectivity index (χ2n) is 4.41. The normalized spacial score (nSPS) is 31.8. The van der Waals surface area contributed by atoms with Crippen molar-refractivity contribution in [3.05, 3.63) is 30.3 Å². The number of hydrogen-bond donors (Lipinski definition) is 2. The molecule has 1 saturated heterocycles. The van der Waals surface area contributed by atoms with Crippen molar-refractivity contribution < 1.29 is 0 Å². The predicted molar refractivity (Wildman–Crippen MR) is 70.1 cm³/mol. The molecule has 17 heavy (non-hydrogen) atoms. The minimum Gasteiger partial charge on any atom is -0.358 e. The second kappa shape index (κ2) is 4.20. The maximum atomic E-state index is 6.31. The van der Waals surface area contributed by atoms with Crippen molar-refractivity contribution in [1.29, 1.82) is 0 Å². The Labute approximate surface area is 106 Å². The fourth-order valence-electron chi connectivity index (χ4n) is 2.38. The lowest BCUT2D eigenvalue weighted by molar-refractivity contribution is 0.439. The average Bonchev–Trinajstić information content (AvgIpc) is 2.74. The van der Waals surface area contributed by atoms with E-state index in [0.717, 1.165) is 18.1 Å². The summed E-state index contributed by atoms with van der Waals surface area (Å²) in [6.45, 7) is 2.80. The quantitative estimate of drug-likeness (QED) is 0.587. The number of halogens is 1. The molecule has 5 heteroatoms. The lowest BCUT2D eigenvalue weighted by Gasteiger charge is -2.32. The summed E-state index contributed by atoms with van der Waals surface area (Å²) in [4.78, 5) is 4.64. The van der Waals surface area contributed by atoms with Gasteiger partial charge >= 0.3 is 0 Å². The van der Waals surface area contributed by atoms with E-state index in [1.54, 1.807) is 0 Å². The van der Waals surface area contributed by atoms with Crippen molar-refractivity contribution in [3.63, 3.8) is 0 Å². The summed E-state index contributed by atoms with van der Waals surface area (Å²) in [5.74, 6) is 1.19. The molecule has 0 aliphatic carbocycles. The van der Waals surface area contributed by atoms with Gasteiger partial charge in [0, 0.05) is 12.5 Å². The van der Waals surface area contributed by atoms with Crippen LogP contribution in [0.2, 0.25) is 0 Å². The zero-order valence-electron chi connectivity index (χ0n) is 9.60. The van der Waals surface area contributed by atoms with Crippen LogP contribution in [-0.4, -0.2) is 24.0 Å². The number of nitrogens with one attached hydrogen (secondary N) is 2. The molecule has 0 bridgehead atoms. The van der Waals surface area contributed by atoms with E-state index in [4.69, 9.17) is 11.6 Å². The first-order chi connectivity index (χ1) is 8.25. The van der Waals surface area contributed by atoms with Crippen LogP contribution in [0.3, 0.4) is 0 Å². The van der Waals surface area contributed by atoms with Crippen molar-refractivity contribution in [3.8, 4) is 0 Å². The number of hydrazine groups is 1. The van der Waals surface area contributed by atoms with Gasteiger partial charge in [0.2, 0.25) is 0 Å². The molecule has 3 atom stereocenters. The van der Waals surface area contributed by atoms with Crippen LogP contribution < -0.4 is 15.8 Å². The Balaban J connectivity index is 1.92. The van der Waals surface area contributed by atoms with E-state index in [2.05, 4.69) is 32.9 Å². The minimum absolute atomic E-state index is 0.0567. The summed E-state index contributed by atoms with van der Waals surface area (Å²) < 4.78 is 0. The monoisotopic (exact) mass is 250 g/mol. The zero-order chi connectivity index (χ0) is 11.8. The topological polar surface area (TPSA) is 39.7 Å². The number of hydrogen-bond acceptors (Lipinski definition) is 4. The molecule has 3 unspecified atom stereocenters. The minimum atomic E-state index is -0.0567. The van der Waals surface area contributed by atoms with Crippen LogP contribution in [0.1, 0.15) is 6.92 Å². The van der Waals surface area contributed by atoms with E-state index < -0.39 is 0 Å². The predicted octanol–water partition coefficient (Wildman–Crippen LogP) is 1.54. The molecule has 1 aromatic rings. The van der Waals surface area contributed by atoms with Crippen LogP contribution >= 0.6 is 11.6 Å². The van der Waals surface area contributed by atoms with Crippen LogP contribution in [0.15, 0.2) is 35.3 Å². The molecule has 0 radical (unpaired) electrons. The second-order valence-corrected chi connectivity index (χ2v) is 4.88. The molecule has 2 heterocycles. The fourth-order valence-corrected chi connectivity index (χ4v) is 2.75. The van der Waals surface area contributed by atoms with Crippen LogP contribution in [-0.2, 0) is 0 Å². The Morgan fingerprint density at radius 2 is 2.12 bits per heavy atom. The first kappa shape index (κ1) is 10.9. The molecule has 2 N–H and O–H groups in total. The Morgan fingerprint density at radius 3 is 2.88 bits per heavy atom. The molecule has 3 rings (SSSR count). The highest BCUT2D eigenvalue weighted by Gasteiger charge is 2.41. The van der Waals surface area contributed by atoms with E-state index in [-0.39, 0.29) is 11.7 Å². The van der Waals surface area contributed by atoms with Crippen LogP contribution in [0.25, 0.3) is 0 Å². The van der Waals surface area contributed by atoms with Crippen molar-refractivity contribution in [2.24, 2.45) is 10.9 Å². The number of anilines is 1. The van der Waals surface area contributed by atoms with Crippen molar-refractivity contribution >= 4 is 23.1 Å². The molecule has 90 valence electrons.